The fourth-order valence-electron chi connectivity index (χ4n) is 1.98. The van der Waals surface area contributed by atoms with Crippen LogP contribution in [0, 0.1) is 6.92 Å². The van der Waals surface area contributed by atoms with Crippen LogP contribution in [-0.4, -0.2) is 0 Å². The van der Waals surface area contributed by atoms with Gasteiger partial charge in [-0.3, -0.25) is 0 Å². The van der Waals surface area contributed by atoms with Gasteiger partial charge in [0.25, 0.3) is 0 Å². The summed E-state index contributed by atoms with van der Waals surface area (Å²) in [5.74, 6) is 0. The van der Waals surface area contributed by atoms with Crippen molar-refractivity contribution < 1.29 is 0 Å². The molecule has 1 N–H and O–H groups in total. The Morgan fingerprint density at radius 1 is 0.950 bits per heavy atom. The molecule has 2 rings (SSSR count). The Kier molecular flexibility index (Phi) is 5.09. The number of rotatable bonds is 3. The van der Waals surface area contributed by atoms with Crippen LogP contribution in [0.15, 0.2) is 30.3 Å². The molecule has 1 nitrogen and oxygen atoms in total. The summed E-state index contributed by atoms with van der Waals surface area (Å²) in [6.45, 7) is 4.01. The van der Waals surface area contributed by atoms with Gasteiger partial charge in [0.2, 0.25) is 0 Å². The molecule has 1 unspecified atom stereocenters. The lowest BCUT2D eigenvalue weighted by molar-refractivity contribution is 0.883. The van der Waals surface area contributed by atoms with Crippen LogP contribution in [-0.2, 0) is 0 Å². The van der Waals surface area contributed by atoms with Crippen LogP contribution in [0.2, 0.25) is 20.1 Å². The molecular weight excluding hydrogens is 336 g/mol. The summed E-state index contributed by atoms with van der Waals surface area (Å²) < 4.78 is 0. The van der Waals surface area contributed by atoms with Gasteiger partial charge in [0.05, 0.1) is 21.1 Å². The minimum absolute atomic E-state index is 0.00265. The first kappa shape index (κ1) is 15.8. The molecule has 2 aromatic carbocycles. The number of anilines is 1. The van der Waals surface area contributed by atoms with E-state index < -0.39 is 0 Å². The average molecular weight is 349 g/mol. The maximum Gasteiger partial charge on any atom is 0.0782 e. The number of benzene rings is 2. The van der Waals surface area contributed by atoms with Crippen molar-refractivity contribution in [3.05, 3.63) is 61.5 Å². The van der Waals surface area contributed by atoms with Crippen molar-refractivity contribution in [1.82, 2.24) is 0 Å². The number of nitrogens with one attached hydrogen (secondary N) is 1. The molecule has 0 fully saturated rings. The first-order valence-electron chi connectivity index (χ1n) is 6.06. The Morgan fingerprint density at radius 2 is 1.65 bits per heavy atom. The summed E-state index contributed by atoms with van der Waals surface area (Å²) in [6, 6.07) is 9.32. The molecule has 106 valence electrons. The SMILES string of the molecule is Cc1cc(Cl)ccc1NC(C)c1ccc(Cl)c(Cl)c1Cl. The van der Waals surface area contributed by atoms with Crippen molar-refractivity contribution in [1.29, 1.82) is 0 Å². The highest BCUT2D eigenvalue weighted by Crippen LogP contribution is 2.36. The zero-order valence-corrected chi connectivity index (χ0v) is 14.0. The predicted molar refractivity (Wildman–Crippen MR) is 89.7 cm³/mol. The van der Waals surface area contributed by atoms with Gasteiger partial charge in [-0.2, -0.15) is 0 Å². The van der Waals surface area contributed by atoms with E-state index in [0.29, 0.717) is 20.1 Å². The standard InChI is InChI=1S/C15H13Cl4N/c1-8-7-10(16)3-6-13(8)20-9(2)11-4-5-12(17)15(19)14(11)18/h3-7,9,20H,1-2H3. The van der Waals surface area contributed by atoms with E-state index >= 15 is 0 Å². The normalized spacial score (nSPS) is 12.3. The predicted octanol–water partition coefficient (Wildman–Crippen LogP) is 6.78. The molecule has 0 spiro atoms. The zero-order chi connectivity index (χ0) is 14.9. The van der Waals surface area contributed by atoms with Gasteiger partial charge in [0, 0.05) is 10.7 Å². The Labute approximate surface area is 138 Å². The summed E-state index contributed by atoms with van der Waals surface area (Å²) in [5, 5.41) is 5.43. The molecule has 0 heterocycles. The molecule has 0 saturated carbocycles. The summed E-state index contributed by atoms with van der Waals surface area (Å²) in [4.78, 5) is 0. The molecular formula is C15H13Cl4N. The zero-order valence-electron chi connectivity index (χ0n) is 11.0. The van der Waals surface area contributed by atoms with E-state index in [9.17, 15) is 0 Å². The maximum absolute atomic E-state index is 6.25. The van der Waals surface area contributed by atoms with Crippen molar-refractivity contribution in [3.63, 3.8) is 0 Å². The number of aryl methyl sites for hydroxylation is 1. The van der Waals surface area contributed by atoms with Crippen LogP contribution in [0.25, 0.3) is 0 Å². The van der Waals surface area contributed by atoms with E-state index in [2.05, 4.69) is 5.32 Å². The second kappa shape index (κ2) is 6.44. The van der Waals surface area contributed by atoms with Crippen molar-refractivity contribution in [2.75, 3.05) is 5.32 Å². The Bertz CT molecular complexity index is 640. The second-order valence-electron chi connectivity index (χ2n) is 4.59. The van der Waals surface area contributed by atoms with E-state index in [1.54, 1.807) is 6.07 Å². The second-order valence-corrected chi connectivity index (χ2v) is 6.19. The highest BCUT2D eigenvalue weighted by Gasteiger charge is 2.15. The van der Waals surface area contributed by atoms with Crippen molar-refractivity contribution in [3.8, 4) is 0 Å². The Morgan fingerprint density at radius 3 is 2.30 bits per heavy atom. The largest absolute Gasteiger partial charge is 0.378 e. The van der Waals surface area contributed by atoms with Gasteiger partial charge >= 0.3 is 0 Å². The summed E-state index contributed by atoms with van der Waals surface area (Å²) in [7, 11) is 0. The lowest BCUT2D eigenvalue weighted by Crippen LogP contribution is -2.08. The molecule has 0 aliphatic carbocycles. The van der Waals surface area contributed by atoms with E-state index in [1.165, 1.54) is 0 Å². The first-order valence-corrected chi connectivity index (χ1v) is 7.57. The van der Waals surface area contributed by atoms with Crippen molar-refractivity contribution >= 4 is 52.1 Å². The molecule has 0 aliphatic heterocycles. The molecule has 0 amide bonds. The smallest absolute Gasteiger partial charge is 0.0782 e. The highest BCUT2D eigenvalue weighted by molar-refractivity contribution is 6.48. The van der Waals surface area contributed by atoms with Crippen LogP contribution < -0.4 is 5.32 Å². The lowest BCUT2D eigenvalue weighted by atomic mass is 10.1. The third-order valence-electron chi connectivity index (χ3n) is 3.09. The topological polar surface area (TPSA) is 12.0 Å². The number of hydrogen-bond donors (Lipinski definition) is 1. The molecule has 0 radical (unpaired) electrons. The van der Waals surface area contributed by atoms with E-state index in [0.717, 1.165) is 16.8 Å². The van der Waals surface area contributed by atoms with Gasteiger partial charge in [0.15, 0.2) is 0 Å². The molecule has 0 saturated heterocycles. The average Bonchev–Trinajstić information content (AvgIpc) is 2.39. The maximum atomic E-state index is 6.25. The fourth-order valence-corrected chi connectivity index (χ4v) is 2.91. The van der Waals surface area contributed by atoms with Gasteiger partial charge in [-0.15, -0.1) is 0 Å². The van der Waals surface area contributed by atoms with Crippen LogP contribution >= 0.6 is 46.4 Å². The van der Waals surface area contributed by atoms with Crippen LogP contribution in [0.1, 0.15) is 24.1 Å². The molecule has 2 aromatic rings. The van der Waals surface area contributed by atoms with E-state index in [-0.39, 0.29) is 6.04 Å². The molecule has 1 atom stereocenters. The van der Waals surface area contributed by atoms with Crippen LogP contribution in [0.3, 0.4) is 0 Å². The molecule has 0 bridgehead atoms. The lowest BCUT2D eigenvalue weighted by Gasteiger charge is -2.19. The first-order chi connectivity index (χ1) is 9.40. The molecule has 0 aromatic heterocycles. The number of hydrogen-bond acceptors (Lipinski definition) is 1. The minimum atomic E-state index is -0.00265. The van der Waals surface area contributed by atoms with Crippen molar-refractivity contribution in [2.45, 2.75) is 19.9 Å². The van der Waals surface area contributed by atoms with Gasteiger partial charge in [-0.05, 0) is 49.2 Å². The van der Waals surface area contributed by atoms with Crippen LogP contribution in [0.4, 0.5) is 5.69 Å². The van der Waals surface area contributed by atoms with Crippen LogP contribution in [0.5, 0.6) is 0 Å². The van der Waals surface area contributed by atoms with Gasteiger partial charge < -0.3 is 5.32 Å². The molecule has 20 heavy (non-hydrogen) atoms. The quantitative estimate of drug-likeness (QED) is 0.602. The summed E-state index contributed by atoms with van der Waals surface area (Å²) >= 11 is 24.2. The molecule has 0 aliphatic rings. The number of halogens is 4. The van der Waals surface area contributed by atoms with Gasteiger partial charge in [0.1, 0.15) is 0 Å². The molecule has 5 heteroatoms. The summed E-state index contributed by atoms with van der Waals surface area (Å²) in [5.41, 5.74) is 2.97. The minimum Gasteiger partial charge on any atom is -0.378 e. The fraction of sp³-hybridized carbons (Fsp3) is 0.200. The van der Waals surface area contributed by atoms with E-state index in [1.807, 2.05) is 38.1 Å². The summed E-state index contributed by atoms with van der Waals surface area (Å²) in [6.07, 6.45) is 0. The monoisotopic (exact) mass is 347 g/mol. The highest BCUT2D eigenvalue weighted by atomic mass is 35.5. The third kappa shape index (κ3) is 3.35. The third-order valence-corrected chi connectivity index (χ3v) is 4.64. The van der Waals surface area contributed by atoms with Gasteiger partial charge in [-0.25, -0.2) is 0 Å². The van der Waals surface area contributed by atoms with Crippen molar-refractivity contribution in [2.24, 2.45) is 0 Å². The van der Waals surface area contributed by atoms with Gasteiger partial charge in [-0.1, -0.05) is 52.5 Å². The Hall–Kier alpha value is -0.600. The van der Waals surface area contributed by atoms with E-state index in [4.69, 9.17) is 46.4 Å². The Balaban J connectivity index is 2.28.